The van der Waals surface area contributed by atoms with Crippen molar-refractivity contribution in [3.05, 3.63) is 68.5 Å². The maximum Gasteiger partial charge on any atom is 0.417 e. The smallest absolute Gasteiger partial charge is 0.408 e. The van der Waals surface area contributed by atoms with Gasteiger partial charge in [-0.2, -0.15) is 5.10 Å². The predicted octanol–water partition coefficient (Wildman–Crippen LogP) is 5.45. The lowest BCUT2D eigenvalue weighted by atomic mass is 9.94. The molecule has 0 saturated heterocycles. The van der Waals surface area contributed by atoms with Crippen LogP contribution in [0.2, 0.25) is 0 Å². The molecule has 6 heteroatoms. The van der Waals surface area contributed by atoms with E-state index in [4.69, 9.17) is 4.42 Å². The molecular weight excluding hydrogens is 382 g/mol. The Morgan fingerprint density at radius 1 is 1.21 bits per heavy atom. The van der Waals surface area contributed by atoms with Crippen LogP contribution in [0, 0.1) is 0 Å². The number of oxazole rings is 1. The molecular formula is C23H21N3O2S. The summed E-state index contributed by atoms with van der Waals surface area (Å²) in [5.41, 5.74) is 6.51. The number of unbranched alkanes of at least 4 members (excludes halogenated alkanes) is 1. The van der Waals surface area contributed by atoms with E-state index < -0.39 is 5.76 Å². The third-order valence-electron chi connectivity index (χ3n) is 5.36. The number of hydrogen-bond acceptors (Lipinski definition) is 5. The standard InChI is InChI=1S/C23H21N3O2S/c1-3-4-7-16-15-8-5-6-9-20(15)29-22(16)21-17-12-19-18(24-23(27)28-19)11-14(17)10-13(2)25-26-21/h5-6,8-9,11-12H,3-4,7,10H2,1-2H3,(H,24,27). The quantitative estimate of drug-likeness (QED) is 0.492. The minimum absolute atomic E-state index is 0.436. The van der Waals surface area contributed by atoms with Gasteiger partial charge >= 0.3 is 5.76 Å². The number of nitrogens with zero attached hydrogens (tertiary/aromatic N) is 2. The van der Waals surface area contributed by atoms with Crippen molar-refractivity contribution in [2.24, 2.45) is 10.2 Å². The summed E-state index contributed by atoms with van der Waals surface area (Å²) in [5.74, 6) is -0.436. The van der Waals surface area contributed by atoms with Crippen LogP contribution in [0.25, 0.3) is 21.2 Å². The van der Waals surface area contributed by atoms with Crippen molar-refractivity contribution >= 4 is 43.9 Å². The first kappa shape index (κ1) is 18.1. The number of H-pyrrole nitrogens is 1. The topological polar surface area (TPSA) is 70.7 Å². The van der Waals surface area contributed by atoms with Crippen LogP contribution in [0.1, 0.15) is 48.3 Å². The van der Waals surface area contributed by atoms with Crippen molar-refractivity contribution in [3.63, 3.8) is 0 Å². The van der Waals surface area contributed by atoms with E-state index in [-0.39, 0.29) is 0 Å². The highest BCUT2D eigenvalue weighted by Crippen LogP contribution is 2.36. The monoisotopic (exact) mass is 403 g/mol. The first-order valence-corrected chi connectivity index (χ1v) is 10.7. The van der Waals surface area contributed by atoms with Crippen LogP contribution >= 0.6 is 11.3 Å². The SMILES string of the molecule is CCCCc1c(C2=NN=C(C)Cc3cc4[nH]c(=O)oc4cc32)sc2ccccc12. The third kappa shape index (κ3) is 3.13. The van der Waals surface area contributed by atoms with Crippen molar-refractivity contribution in [1.29, 1.82) is 0 Å². The lowest BCUT2D eigenvalue weighted by molar-refractivity contribution is 0.555. The number of aromatic nitrogens is 1. The second-order valence-electron chi connectivity index (χ2n) is 7.49. The molecule has 29 heavy (non-hydrogen) atoms. The number of aromatic amines is 1. The molecule has 4 aromatic rings. The van der Waals surface area contributed by atoms with Gasteiger partial charge in [-0.25, -0.2) is 4.79 Å². The molecule has 0 unspecified atom stereocenters. The van der Waals surface area contributed by atoms with E-state index in [0.29, 0.717) is 17.5 Å². The van der Waals surface area contributed by atoms with Gasteiger partial charge in [0.25, 0.3) is 0 Å². The molecule has 0 atom stereocenters. The average Bonchev–Trinajstić information content (AvgIpc) is 3.20. The van der Waals surface area contributed by atoms with Crippen LogP contribution in [0.15, 0.2) is 55.8 Å². The molecule has 0 fully saturated rings. The van der Waals surface area contributed by atoms with Crippen LogP contribution in [0.5, 0.6) is 0 Å². The van der Waals surface area contributed by atoms with Gasteiger partial charge < -0.3 is 4.42 Å². The normalized spacial score (nSPS) is 14.0. The van der Waals surface area contributed by atoms with E-state index >= 15 is 0 Å². The van der Waals surface area contributed by atoms with Crippen LogP contribution in [-0.2, 0) is 12.8 Å². The number of thiophene rings is 1. The number of fused-ring (bicyclic) bond motifs is 3. The molecule has 1 N–H and O–H groups in total. The molecule has 3 heterocycles. The molecule has 0 amide bonds. The summed E-state index contributed by atoms with van der Waals surface area (Å²) < 4.78 is 6.60. The van der Waals surface area contributed by atoms with E-state index in [2.05, 4.69) is 46.4 Å². The van der Waals surface area contributed by atoms with Gasteiger partial charge in [0.15, 0.2) is 5.58 Å². The molecule has 0 spiro atoms. The summed E-state index contributed by atoms with van der Waals surface area (Å²) >= 11 is 1.77. The van der Waals surface area contributed by atoms with E-state index in [1.165, 1.54) is 15.6 Å². The van der Waals surface area contributed by atoms with Gasteiger partial charge in [-0.05, 0) is 54.5 Å². The molecule has 0 bridgehead atoms. The summed E-state index contributed by atoms with van der Waals surface area (Å²) in [6.07, 6.45) is 3.97. The van der Waals surface area contributed by atoms with Crippen molar-refractivity contribution in [3.8, 4) is 0 Å². The Balaban J connectivity index is 1.78. The average molecular weight is 404 g/mol. The number of aryl methyl sites for hydroxylation is 1. The van der Waals surface area contributed by atoms with Crippen LogP contribution in [0.4, 0.5) is 0 Å². The Morgan fingerprint density at radius 2 is 2.07 bits per heavy atom. The number of hydrogen-bond donors (Lipinski definition) is 1. The maximum absolute atomic E-state index is 11.7. The fourth-order valence-electron chi connectivity index (χ4n) is 3.97. The Bertz CT molecular complexity index is 1350. The first-order chi connectivity index (χ1) is 14.1. The molecule has 2 aromatic carbocycles. The van der Waals surface area contributed by atoms with Crippen molar-refractivity contribution in [2.75, 3.05) is 0 Å². The molecule has 0 saturated carbocycles. The minimum Gasteiger partial charge on any atom is -0.408 e. The Labute approximate surface area is 171 Å². The largest absolute Gasteiger partial charge is 0.417 e. The summed E-state index contributed by atoms with van der Waals surface area (Å²) in [4.78, 5) is 15.6. The van der Waals surface area contributed by atoms with Crippen LogP contribution in [0.3, 0.4) is 0 Å². The van der Waals surface area contributed by atoms with Gasteiger partial charge in [-0.15, -0.1) is 16.4 Å². The molecule has 1 aliphatic heterocycles. The maximum atomic E-state index is 11.7. The van der Waals surface area contributed by atoms with Gasteiger partial charge in [0.2, 0.25) is 0 Å². The van der Waals surface area contributed by atoms with E-state index in [1.807, 2.05) is 19.1 Å². The minimum atomic E-state index is -0.436. The summed E-state index contributed by atoms with van der Waals surface area (Å²) in [6, 6.07) is 12.5. The number of benzene rings is 2. The molecule has 0 radical (unpaired) electrons. The lowest BCUT2D eigenvalue weighted by Gasteiger charge is -2.10. The fourth-order valence-corrected chi connectivity index (χ4v) is 5.22. The molecule has 1 aliphatic rings. The zero-order valence-electron chi connectivity index (χ0n) is 16.4. The zero-order valence-corrected chi connectivity index (χ0v) is 17.2. The van der Waals surface area contributed by atoms with Crippen LogP contribution < -0.4 is 5.76 Å². The van der Waals surface area contributed by atoms with Gasteiger partial charge in [0.05, 0.1) is 10.4 Å². The second-order valence-corrected chi connectivity index (χ2v) is 8.54. The third-order valence-corrected chi connectivity index (χ3v) is 6.58. The second kappa shape index (κ2) is 7.12. The molecule has 5 nitrogen and oxygen atoms in total. The van der Waals surface area contributed by atoms with Crippen molar-refractivity contribution < 1.29 is 4.42 Å². The number of rotatable bonds is 4. The molecule has 5 rings (SSSR count). The molecule has 2 aromatic heterocycles. The van der Waals surface area contributed by atoms with Crippen molar-refractivity contribution in [1.82, 2.24) is 4.98 Å². The Hall–Kier alpha value is -2.99. The van der Waals surface area contributed by atoms with Gasteiger partial charge in [0, 0.05) is 22.4 Å². The highest BCUT2D eigenvalue weighted by atomic mass is 32.1. The Morgan fingerprint density at radius 3 is 2.93 bits per heavy atom. The Kier molecular flexibility index (Phi) is 4.43. The van der Waals surface area contributed by atoms with E-state index in [1.54, 1.807) is 11.3 Å². The lowest BCUT2D eigenvalue weighted by Crippen LogP contribution is -2.07. The highest BCUT2D eigenvalue weighted by molar-refractivity contribution is 7.21. The van der Waals surface area contributed by atoms with Crippen LogP contribution in [-0.4, -0.2) is 16.4 Å². The van der Waals surface area contributed by atoms with E-state index in [0.717, 1.165) is 46.7 Å². The van der Waals surface area contributed by atoms with Gasteiger partial charge in [-0.1, -0.05) is 31.5 Å². The summed E-state index contributed by atoms with van der Waals surface area (Å²) in [7, 11) is 0. The first-order valence-electron chi connectivity index (χ1n) is 9.92. The van der Waals surface area contributed by atoms with Crippen molar-refractivity contribution in [2.45, 2.75) is 39.5 Å². The number of nitrogens with one attached hydrogen (secondary N) is 1. The van der Waals surface area contributed by atoms with Gasteiger partial charge in [0.1, 0.15) is 5.71 Å². The molecule has 0 aliphatic carbocycles. The molecule has 146 valence electrons. The predicted molar refractivity (Wildman–Crippen MR) is 120 cm³/mol. The van der Waals surface area contributed by atoms with Gasteiger partial charge in [-0.3, -0.25) is 4.98 Å². The highest BCUT2D eigenvalue weighted by Gasteiger charge is 2.23. The fraction of sp³-hybridized carbons (Fsp3) is 0.261. The summed E-state index contributed by atoms with van der Waals surface area (Å²) in [6.45, 7) is 4.20. The van der Waals surface area contributed by atoms with E-state index in [9.17, 15) is 4.79 Å². The zero-order chi connectivity index (χ0) is 20.0. The summed E-state index contributed by atoms with van der Waals surface area (Å²) in [5, 5.41) is 10.5.